The van der Waals surface area contributed by atoms with Gasteiger partial charge in [0.25, 0.3) is 0 Å². The molecule has 0 aromatic carbocycles. The molecular formula is C13H16N2O2. The van der Waals surface area contributed by atoms with Crippen LogP contribution in [0.3, 0.4) is 0 Å². The largest absolute Gasteiger partial charge is 0.480 e. The molecule has 0 radical (unpaired) electrons. The molecule has 4 nitrogen and oxygen atoms in total. The van der Waals surface area contributed by atoms with Crippen molar-refractivity contribution in [3.63, 3.8) is 0 Å². The minimum atomic E-state index is -0.0615. The van der Waals surface area contributed by atoms with Crippen LogP contribution in [0.15, 0.2) is 18.7 Å². The molecule has 1 unspecified atom stereocenters. The fraction of sp³-hybridized carbons (Fsp3) is 0.385. The first kappa shape index (κ1) is 13.2. The summed E-state index contributed by atoms with van der Waals surface area (Å²) in [6.07, 6.45) is 2.24. The number of methoxy groups -OCH3 is 1. The minimum Gasteiger partial charge on any atom is -0.480 e. The van der Waals surface area contributed by atoms with Gasteiger partial charge in [0.1, 0.15) is 11.6 Å². The van der Waals surface area contributed by atoms with Gasteiger partial charge in [-0.05, 0) is 25.0 Å². The van der Waals surface area contributed by atoms with Gasteiger partial charge in [0.15, 0.2) is 0 Å². The van der Waals surface area contributed by atoms with E-state index in [9.17, 15) is 0 Å². The molecule has 90 valence electrons. The molecule has 0 amide bonds. The number of pyridine rings is 1. The standard InChI is InChI=1S/C13H16N2O2/c1-4-10(8-16)6-11-5-9(2)15-13(17-3)12(11)7-14/h4-5,10,16H,1,6,8H2,2-3H3. The van der Waals surface area contributed by atoms with E-state index >= 15 is 0 Å². The third-order valence-electron chi connectivity index (χ3n) is 2.55. The van der Waals surface area contributed by atoms with Gasteiger partial charge >= 0.3 is 0 Å². The lowest BCUT2D eigenvalue weighted by Crippen LogP contribution is -2.09. The molecule has 0 aliphatic heterocycles. The first-order chi connectivity index (χ1) is 8.15. The van der Waals surface area contributed by atoms with E-state index in [1.54, 1.807) is 6.08 Å². The summed E-state index contributed by atoms with van der Waals surface area (Å²) < 4.78 is 5.08. The molecule has 4 heteroatoms. The molecule has 1 atom stereocenters. The van der Waals surface area contributed by atoms with Crippen LogP contribution in [0.2, 0.25) is 0 Å². The van der Waals surface area contributed by atoms with Gasteiger partial charge < -0.3 is 9.84 Å². The summed E-state index contributed by atoms with van der Waals surface area (Å²) in [5.41, 5.74) is 2.05. The van der Waals surface area contributed by atoms with Crippen LogP contribution in [0.1, 0.15) is 16.8 Å². The normalized spacial score (nSPS) is 11.6. The minimum absolute atomic E-state index is 0.0120. The number of ether oxygens (including phenoxy) is 1. The van der Waals surface area contributed by atoms with Gasteiger partial charge in [0.05, 0.1) is 7.11 Å². The third-order valence-corrected chi connectivity index (χ3v) is 2.55. The first-order valence-electron chi connectivity index (χ1n) is 5.34. The summed E-state index contributed by atoms with van der Waals surface area (Å²) in [7, 11) is 1.49. The highest BCUT2D eigenvalue weighted by Crippen LogP contribution is 2.23. The molecule has 0 saturated heterocycles. The van der Waals surface area contributed by atoms with Crippen molar-refractivity contribution in [2.75, 3.05) is 13.7 Å². The zero-order valence-corrected chi connectivity index (χ0v) is 10.1. The van der Waals surface area contributed by atoms with E-state index in [1.165, 1.54) is 7.11 Å². The first-order valence-corrected chi connectivity index (χ1v) is 5.34. The summed E-state index contributed by atoms with van der Waals surface area (Å²) in [6.45, 7) is 5.51. The number of rotatable bonds is 5. The van der Waals surface area contributed by atoms with Crippen LogP contribution >= 0.6 is 0 Å². The lowest BCUT2D eigenvalue weighted by atomic mass is 9.97. The predicted molar refractivity (Wildman–Crippen MR) is 64.7 cm³/mol. The summed E-state index contributed by atoms with van der Waals surface area (Å²) >= 11 is 0. The quantitative estimate of drug-likeness (QED) is 0.783. The topological polar surface area (TPSA) is 66.1 Å². The van der Waals surface area contributed by atoms with E-state index in [0.29, 0.717) is 17.9 Å². The maximum atomic E-state index is 9.15. The van der Waals surface area contributed by atoms with Crippen molar-refractivity contribution < 1.29 is 9.84 Å². The second-order valence-corrected chi connectivity index (χ2v) is 3.80. The molecule has 0 aliphatic carbocycles. The SMILES string of the molecule is C=CC(CO)Cc1cc(C)nc(OC)c1C#N. The summed E-state index contributed by atoms with van der Waals surface area (Å²) in [5, 5.41) is 18.3. The van der Waals surface area contributed by atoms with Crippen molar-refractivity contribution in [3.05, 3.63) is 35.5 Å². The summed E-state index contributed by atoms with van der Waals surface area (Å²) in [5.74, 6) is 0.275. The number of hydrogen-bond acceptors (Lipinski definition) is 4. The Morgan fingerprint density at radius 1 is 1.71 bits per heavy atom. The van der Waals surface area contributed by atoms with E-state index < -0.39 is 0 Å². The zero-order chi connectivity index (χ0) is 12.8. The van der Waals surface area contributed by atoms with E-state index in [0.717, 1.165) is 11.3 Å². The molecule has 17 heavy (non-hydrogen) atoms. The number of aliphatic hydroxyl groups excluding tert-OH is 1. The predicted octanol–water partition coefficient (Wildman–Crippen LogP) is 1.61. The Hall–Kier alpha value is -1.86. The number of aryl methyl sites for hydroxylation is 1. The van der Waals surface area contributed by atoms with Crippen LogP contribution in [0, 0.1) is 24.2 Å². The number of nitrogens with zero attached hydrogens (tertiary/aromatic N) is 2. The van der Waals surface area contributed by atoms with E-state index in [4.69, 9.17) is 15.1 Å². The zero-order valence-electron chi connectivity index (χ0n) is 10.1. The van der Waals surface area contributed by atoms with Crippen LogP contribution in [0.25, 0.3) is 0 Å². The summed E-state index contributed by atoms with van der Waals surface area (Å²) in [4.78, 5) is 4.15. The fourth-order valence-corrected chi connectivity index (χ4v) is 1.64. The van der Waals surface area contributed by atoms with Crippen molar-refractivity contribution in [2.45, 2.75) is 13.3 Å². The van der Waals surface area contributed by atoms with Crippen LogP contribution in [-0.2, 0) is 6.42 Å². The highest BCUT2D eigenvalue weighted by atomic mass is 16.5. The number of nitriles is 1. The Bertz CT molecular complexity index is 449. The van der Waals surface area contributed by atoms with Crippen LogP contribution in [0.5, 0.6) is 5.88 Å². The van der Waals surface area contributed by atoms with Crippen LogP contribution in [-0.4, -0.2) is 23.8 Å². The molecule has 1 aromatic rings. The van der Waals surface area contributed by atoms with Gasteiger partial charge in [0, 0.05) is 18.2 Å². The van der Waals surface area contributed by atoms with E-state index in [-0.39, 0.29) is 12.5 Å². The molecule has 0 spiro atoms. The van der Waals surface area contributed by atoms with Gasteiger partial charge in [-0.2, -0.15) is 5.26 Å². The number of aliphatic hydroxyl groups is 1. The summed E-state index contributed by atoms with van der Waals surface area (Å²) in [6, 6.07) is 3.93. The van der Waals surface area contributed by atoms with Crippen molar-refractivity contribution >= 4 is 0 Å². The molecule has 0 fully saturated rings. The highest BCUT2D eigenvalue weighted by molar-refractivity contribution is 5.46. The molecule has 0 saturated carbocycles. The molecule has 1 aromatic heterocycles. The lowest BCUT2D eigenvalue weighted by Gasteiger charge is -2.12. The second kappa shape index (κ2) is 6.02. The molecule has 1 heterocycles. The highest BCUT2D eigenvalue weighted by Gasteiger charge is 2.14. The molecule has 1 N–H and O–H groups in total. The van der Waals surface area contributed by atoms with Crippen LogP contribution < -0.4 is 4.74 Å². The maximum absolute atomic E-state index is 9.15. The monoisotopic (exact) mass is 232 g/mol. The lowest BCUT2D eigenvalue weighted by molar-refractivity contribution is 0.252. The van der Waals surface area contributed by atoms with Gasteiger partial charge in [-0.15, -0.1) is 6.58 Å². The number of hydrogen-bond donors (Lipinski definition) is 1. The number of aromatic nitrogens is 1. The van der Waals surface area contributed by atoms with E-state index in [2.05, 4.69) is 17.6 Å². The average molecular weight is 232 g/mol. The Kier molecular flexibility index (Phi) is 4.68. The average Bonchev–Trinajstić information content (AvgIpc) is 2.34. The maximum Gasteiger partial charge on any atom is 0.231 e. The van der Waals surface area contributed by atoms with Crippen LogP contribution in [0.4, 0.5) is 0 Å². The van der Waals surface area contributed by atoms with Gasteiger partial charge in [-0.1, -0.05) is 6.08 Å². The smallest absolute Gasteiger partial charge is 0.231 e. The second-order valence-electron chi connectivity index (χ2n) is 3.80. The Balaban J connectivity index is 3.18. The Labute approximate surface area is 101 Å². The van der Waals surface area contributed by atoms with Gasteiger partial charge in [-0.3, -0.25) is 0 Å². The third kappa shape index (κ3) is 3.05. The Morgan fingerprint density at radius 3 is 2.88 bits per heavy atom. The van der Waals surface area contributed by atoms with Crippen molar-refractivity contribution in [1.82, 2.24) is 4.98 Å². The van der Waals surface area contributed by atoms with Gasteiger partial charge in [-0.25, -0.2) is 4.98 Å². The molecule has 0 bridgehead atoms. The Morgan fingerprint density at radius 2 is 2.41 bits per heavy atom. The molecular weight excluding hydrogens is 216 g/mol. The van der Waals surface area contributed by atoms with Crippen molar-refractivity contribution in [1.29, 1.82) is 5.26 Å². The van der Waals surface area contributed by atoms with Gasteiger partial charge in [0.2, 0.25) is 5.88 Å². The molecule has 0 aliphatic rings. The molecule has 1 rings (SSSR count). The van der Waals surface area contributed by atoms with Crippen molar-refractivity contribution in [3.8, 4) is 11.9 Å². The fourth-order valence-electron chi connectivity index (χ4n) is 1.64. The van der Waals surface area contributed by atoms with E-state index in [1.807, 2.05) is 13.0 Å². The van der Waals surface area contributed by atoms with Crippen molar-refractivity contribution in [2.24, 2.45) is 5.92 Å².